The highest BCUT2D eigenvalue weighted by molar-refractivity contribution is 6.04. The SMILES string of the molecule is O=C(Nc1ccc(C(=O)NC(Cn2cncn2)c2ccccc2)cc1)c1ccccc1. The van der Waals surface area contributed by atoms with E-state index in [1.165, 1.54) is 6.33 Å². The van der Waals surface area contributed by atoms with Gasteiger partial charge in [0.1, 0.15) is 12.7 Å². The third kappa shape index (κ3) is 5.22. The van der Waals surface area contributed by atoms with Crippen molar-refractivity contribution in [3.63, 3.8) is 0 Å². The van der Waals surface area contributed by atoms with Gasteiger partial charge in [0.15, 0.2) is 0 Å². The van der Waals surface area contributed by atoms with Crippen molar-refractivity contribution in [2.75, 3.05) is 5.32 Å². The summed E-state index contributed by atoms with van der Waals surface area (Å²) in [6, 6.07) is 25.2. The molecule has 0 aliphatic carbocycles. The van der Waals surface area contributed by atoms with E-state index in [9.17, 15) is 9.59 Å². The van der Waals surface area contributed by atoms with Gasteiger partial charge in [0, 0.05) is 16.8 Å². The van der Waals surface area contributed by atoms with Gasteiger partial charge < -0.3 is 10.6 Å². The highest BCUT2D eigenvalue weighted by Crippen LogP contribution is 2.17. The van der Waals surface area contributed by atoms with E-state index >= 15 is 0 Å². The largest absolute Gasteiger partial charge is 0.343 e. The number of carbonyl (C=O) groups excluding carboxylic acids is 2. The molecular formula is C24H21N5O2. The number of nitrogens with zero attached hydrogens (tertiary/aromatic N) is 3. The molecule has 4 rings (SSSR count). The van der Waals surface area contributed by atoms with Gasteiger partial charge in [-0.2, -0.15) is 5.10 Å². The summed E-state index contributed by atoms with van der Waals surface area (Å²) in [6.45, 7) is 0.459. The maximum Gasteiger partial charge on any atom is 0.255 e. The van der Waals surface area contributed by atoms with Crippen molar-refractivity contribution in [1.29, 1.82) is 0 Å². The second kappa shape index (κ2) is 9.49. The number of benzene rings is 3. The first kappa shape index (κ1) is 20.0. The van der Waals surface area contributed by atoms with E-state index in [1.807, 2.05) is 48.5 Å². The van der Waals surface area contributed by atoms with Crippen LogP contribution in [-0.2, 0) is 6.54 Å². The minimum Gasteiger partial charge on any atom is -0.343 e. The third-order valence-electron chi connectivity index (χ3n) is 4.78. The molecule has 3 aromatic carbocycles. The summed E-state index contributed by atoms with van der Waals surface area (Å²) in [6.07, 6.45) is 3.08. The smallest absolute Gasteiger partial charge is 0.255 e. The molecule has 0 saturated heterocycles. The van der Waals surface area contributed by atoms with Gasteiger partial charge in [-0.15, -0.1) is 0 Å². The lowest BCUT2D eigenvalue weighted by Crippen LogP contribution is -2.31. The predicted molar refractivity (Wildman–Crippen MR) is 118 cm³/mol. The standard InChI is InChI=1S/C24H21N5O2/c30-23(19-9-5-2-6-10-19)27-21-13-11-20(12-14-21)24(31)28-22(15-29-17-25-16-26-29)18-7-3-1-4-8-18/h1-14,16-17,22H,15H2,(H,27,30)(H,28,31). The average molecular weight is 411 g/mol. The van der Waals surface area contributed by atoms with Crippen molar-refractivity contribution in [3.05, 3.63) is 114 Å². The number of hydrogen-bond acceptors (Lipinski definition) is 4. The van der Waals surface area contributed by atoms with Crippen molar-refractivity contribution >= 4 is 17.5 Å². The van der Waals surface area contributed by atoms with E-state index in [0.29, 0.717) is 23.4 Å². The molecule has 1 atom stereocenters. The molecule has 31 heavy (non-hydrogen) atoms. The Morgan fingerprint density at radius 2 is 1.45 bits per heavy atom. The average Bonchev–Trinajstić information content (AvgIpc) is 3.33. The molecule has 1 aromatic heterocycles. The monoisotopic (exact) mass is 411 g/mol. The zero-order valence-electron chi connectivity index (χ0n) is 16.7. The molecule has 0 fully saturated rings. The summed E-state index contributed by atoms with van der Waals surface area (Å²) < 4.78 is 1.68. The number of anilines is 1. The lowest BCUT2D eigenvalue weighted by atomic mass is 10.1. The fourth-order valence-electron chi connectivity index (χ4n) is 3.17. The molecule has 0 aliphatic heterocycles. The summed E-state index contributed by atoms with van der Waals surface area (Å²) in [4.78, 5) is 29.1. The van der Waals surface area contributed by atoms with Crippen LogP contribution in [0, 0.1) is 0 Å². The Morgan fingerprint density at radius 3 is 2.10 bits per heavy atom. The minimum atomic E-state index is -0.271. The maximum absolute atomic E-state index is 12.9. The van der Waals surface area contributed by atoms with Gasteiger partial charge in [0.25, 0.3) is 11.8 Å². The van der Waals surface area contributed by atoms with Crippen LogP contribution in [0.25, 0.3) is 0 Å². The number of aromatic nitrogens is 3. The zero-order chi connectivity index (χ0) is 21.5. The number of nitrogens with one attached hydrogen (secondary N) is 2. The van der Waals surface area contributed by atoms with Gasteiger partial charge in [0.2, 0.25) is 0 Å². The molecular weight excluding hydrogens is 390 g/mol. The lowest BCUT2D eigenvalue weighted by Gasteiger charge is -2.19. The number of hydrogen-bond donors (Lipinski definition) is 2. The molecule has 0 radical (unpaired) electrons. The first-order chi connectivity index (χ1) is 15.2. The van der Waals surface area contributed by atoms with Crippen molar-refractivity contribution in [2.24, 2.45) is 0 Å². The third-order valence-corrected chi connectivity index (χ3v) is 4.78. The molecule has 1 heterocycles. The molecule has 2 N–H and O–H groups in total. The van der Waals surface area contributed by atoms with E-state index in [0.717, 1.165) is 5.56 Å². The summed E-state index contributed by atoms with van der Waals surface area (Å²) >= 11 is 0. The molecule has 2 amide bonds. The topological polar surface area (TPSA) is 88.9 Å². The van der Waals surface area contributed by atoms with E-state index < -0.39 is 0 Å². The quantitative estimate of drug-likeness (QED) is 0.485. The van der Waals surface area contributed by atoms with Crippen LogP contribution in [-0.4, -0.2) is 26.6 Å². The Bertz CT molecular complexity index is 1130. The van der Waals surface area contributed by atoms with Gasteiger partial charge in [-0.3, -0.25) is 14.3 Å². The molecule has 7 heteroatoms. The minimum absolute atomic E-state index is 0.199. The Kier molecular flexibility index (Phi) is 6.13. The molecule has 0 bridgehead atoms. The van der Waals surface area contributed by atoms with Crippen LogP contribution >= 0.6 is 0 Å². The van der Waals surface area contributed by atoms with E-state index in [4.69, 9.17) is 0 Å². The van der Waals surface area contributed by atoms with Crippen molar-refractivity contribution in [3.8, 4) is 0 Å². The first-order valence-corrected chi connectivity index (χ1v) is 9.84. The van der Waals surface area contributed by atoms with E-state index in [2.05, 4.69) is 20.7 Å². The highest BCUT2D eigenvalue weighted by Gasteiger charge is 2.17. The van der Waals surface area contributed by atoms with Crippen LogP contribution in [0.5, 0.6) is 0 Å². The van der Waals surface area contributed by atoms with Gasteiger partial charge in [-0.1, -0.05) is 48.5 Å². The fraction of sp³-hybridized carbons (Fsp3) is 0.0833. The predicted octanol–water partition coefficient (Wildman–Crippen LogP) is 3.70. The van der Waals surface area contributed by atoms with Crippen LogP contribution in [0.15, 0.2) is 97.6 Å². The Labute approximate surface area is 179 Å². The molecule has 7 nitrogen and oxygen atoms in total. The Hall–Kier alpha value is -4.26. The molecule has 154 valence electrons. The molecule has 0 spiro atoms. The number of amides is 2. The fourth-order valence-corrected chi connectivity index (χ4v) is 3.17. The Balaban J connectivity index is 1.44. The van der Waals surface area contributed by atoms with Crippen molar-refractivity contribution in [1.82, 2.24) is 20.1 Å². The highest BCUT2D eigenvalue weighted by atomic mass is 16.2. The Morgan fingerprint density at radius 1 is 0.806 bits per heavy atom. The zero-order valence-corrected chi connectivity index (χ0v) is 16.7. The van der Waals surface area contributed by atoms with Gasteiger partial charge in [-0.25, -0.2) is 4.98 Å². The van der Waals surface area contributed by atoms with Crippen LogP contribution in [0.1, 0.15) is 32.3 Å². The lowest BCUT2D eigenvalue weighted by molar-refractivity contribution is 0.0931. The number of carbonyl (C=O) groups is 2. The van der Waals surface area contributed by atoms with Crippen LogP contribution in [0.4, 0.5) is 5.69 Å². The second-order valence-corrected chi connectivity index (χ2v) is 6.95. The summed E-state index contributed by atoms with van der Waals surface area (Å²) in [7, 11) is 0. The summed E-state index contributed by atoms with van der Waals surface area (Å²) in [5.41, 5.74) is 2.66. The maximum atomic E-state index is 12.9. The van der Waals surface area contributed by atoms with Gasteiger partial charge >= 0.3 is 0 Å². The molecule has 1 unspecified atom stereocenters. The van der Waals surface area contributed by atoms with Gasteiger partial charge in [-0.05, 0) is 42.0 Å². The summed E-state index contributed by atoms with van der Waals surface area (Å²) in [5, 5.41) is 10.0. The van der Waals surface area contributed by atoms with E-state index in [1.54, 1.807) is 47.4 Å². The van der Waals surface area contributed by atoms with E-state index in [-0.39, 0.29) is 17.9 Å². The van der Waals surface area contributed by atoms with Crippen LogP contribution in [0.3, 0.4) is 0 Å². The van der Waals surface area contributed by atoms with Crippen molar-refractivity contribution in [2.45, 2.75) is 12.6 Å². The molecule has 0 saturated carbocycles. The second-order valence-electron chi connectivity index (χ2n) is 6.95. The molecule has 4 aromatic rings. The summed E-state index contributed by atoms with van der Waals surface area (Å²) in [5.74, 6) is -0.412. The van der Waals surface area contributed by atoms with Gasteiger partial charge in [0.05, 0.1) is 12.6 Å². The first-order valence-electron chi connectivity index (χ1n) is 9.84. The van der Waals surface area contributed by atoms with Crippen LogP contribution in [0.2, 0.25) is 0 Å². The number of rotatable bonds is 7. The molecule has 0 aliphatic rings. The van der Waals surface area contributed by atoms with Crippen molar-refractivity contribution < 1.29 is 9.59 Å². The normalized spacial score (nSPS) is 11.5. The van der Waals surface area contributed by atoms with Crippen LogP contribution < -0.4 is 10.6 Å².